The molecule has 0 saturated carbocycles. The van der Waals surface area contributed by atoms with Crippen molar-refractivity contribution in [1.82, 2.24) is 4.90 Å². The quantitative estimate of drug-likeness (QED) is 0.839. The van der Waals surface area contributed by atoms with Gasteiger partial charge in [-0.05, 0) is 31.2 Å². The molecule has 1 heterocycles. The van der Waals surface area contributed by atoms with Gasteiger partial charge in [0.1, 0.15) is 11.6 Å². The number of amides is 1. The summed E-state index contributed by atoms with van der Waals surface area (Å²) in [6, 6.07) is 10.4. The Morgan fingerprint density at radius 1 is 1.12 bits per heavy atom. The van der Waals surface area contributed by atoms with Crippen molar-refractivity contribution in [3.63, 3.8) is 0 Å². The summed E-state index contributed by atoms with van der Waals surface area (Å²) in [5.74, 6) is -0.899. The summed E-state index contributed by atoms with van der Waals surface area (Å²) in [4.78, 5) is 16.2. The summed E-state index contributed by atoms with van der Waals surface area (Å²) < 4.78 is 27.1. The Morgan fingerprint density at radius 2 is 1.88 bits per heavy atom. The van der Waals surface area contributed by atoms with Crippen LogP contribution in [0.15, 0.2) is 42.5 Å². The van der Waals surface area contributed by atoms with Crippen LogP contribution in [-0.4, -0.2) is 29.9 Å². The molecular formula is C18H17ClF2N2O. The van der Waals surface area contributed by atoms with Crippen LogP contribution in [0.3, 0.4) is 0 Å². The molecule has 1 fully saturated rings. The van der Waals surface area contributed by atoms with Crippen LogP contribution in [-0.2, 0) is 11.3 Å². The number of halogens is 3. The highest BCUT2D eigenvalue weighted by Gasteiger charge is 2.32. The molecule has 3 rings (SSSR count). The zero-order valence-corrected chi connectivity index (χ0v) is 13.9. The van der Waals surface area contributed by atoms with Crippen LogP contribution in [0.4, 0.5) is 14.5 Å². The van der Waals surface area contributed by atoms with Crippen LogP contribution in [0.25, 0.3) is 0 Å². The average Bonchev–Trinajstić information content (AvgIpc) is 2.57. The Morgan fingerprint density at radius 3 is 2.58 bits per heavy atom. The lowest BCUT2D eigenvalue weighted by Gasteiger charge is -2.39. The molecule has 0 radical (unpaired) electrons. The summed E-state index contributed by atoms with van der Waals surface area (Å²) >= 11 is 5.81. The molecule has 1 aliphatic heterocycles. The monoisotopic (exact) mass is 350 g/mol. The third-order valence-electron chi connectivity index (χ3n) is 4.33. The van der Waals surface area contributed by atoms with Crippen LogP contribution < -0.4 is 4.90 Å². The molecule has 0 bridgehead atoms. The molecular weight excluding hydrogens is 334 g/mol. The first-order valence-corrected chi connectivity index (χ1v) is 8.09. The summed E-state index contributed by atoms with van der Waals surface area (Å²) in [5.41, 5.74) is 1.14. The topological polar surface area (TPSA) is 23.6 Å². The lowest BCUT2D eigenvalue weighted by atomic mass is 10.1. The minimum atomic E-state index is -0.515. The van der Waals surface area contributed by atoms with E-state index in [1.807, 2.05) is 4.90 Å². The Labute approximate surface area is 144 Å². The van der Waals surface area contributed by atoms with Crippen molar-refractivity contribution in [3.8, 4) is 0 Å². The molecule has 24 heavy (non-hydrogen) atoms. The van der Waals surface area contributed by atoms with Crippen LogP contribution in [0, 0.1) is 11.6 Å². The maximum atomic E-state index is 13.8. The lowest BCUT2D eigenvalue weighted by Crippen LogP contribution is -2.55. The third-order valence-corrected chi connectivity index (χ3v) is 4.62. The summed E-state index contributed by atoms with van der Waals surface area (Å²) in [5, 5.41) is -0.0123. The number of hydrogen-bond acceptors (Lipinski definition) is 2. The molecule has 2 aromatic carbocycles. The van der Waals surface area contributed by atoms with E-state index in [4.69, 9.17) is 11.6 Å². The Bertz CT molecular complexity index is 768. The van der Waals surface area contributed by atoms with E-state index in [9.17, 15) is 13.6 Å². The number of rotatable bonds is 3. The smallest absolute Gasteiger partial charge is 0.244 e. The molecule has 1 atom stereocenters. The van der Waals surface area contributed by atoms with Gasteiger partial charge in [0.2, 0.25) is 5.91 Å². The number of anilines is 1. The first kappa shape index (κ1) is 16.9. The zero-order chi connectivity index (χ0) is 17.3. The van der Waals surface area contributed by atoms with Crippen molar-refractivity contribution < 1.29 is 13.6 Å². The number of benzene rings is 2. The number of nitrogens with zero attached hydrogens (tertiary/aromatic N) is 2. The molecule has 3 nitrogen and oxygen atoms in total. The highest BCUT2D eigenvalue weighted by molar-refractivity contribution is 6.31. The van der Waals surface area contributed by atoms with E-state index in [1.165, 1.54) is 18.2 Å². The van der Waals surface area contributed by atoms with Crippen LogP contribution >= 0.6 is 11.6 Å². The Balaban J connectivity index is 1.76. The third kappa shape index (κ3) is 3.28. The van der Waals surface area contributed by atoms with Gasteiger partial charge in [-0.1, -0.05) is 29.8 Å². The van der Waals surface area contributed by atoms with E-state index in [1.54, 1.807) is 36.1 Å². The second kappa shape index (κ2) is 6.87. The van der Waals surface area contributed by atoms with Gasteiger partial charge >= 0.3 is 0 Å². The molecule has 6 heteroatoms. The zero-order valence-electron chi connectivity index (χ0n) is 13.2. The van der Waals surface area contributed by atoms with Crippen molar-refractivity contribution in [2.45, 2.75) is 19.5 Å². The van der Waals surface area contributed by atoms with Gasteiger partial charge in [0.25, 0.3) is 0 Å². The fraction of sp³-hybridized carbons (Fsp3) is 0.278. The van der Waals surface area contributed by atoms with Crippen molar-refractivity contribution in [2.24, 2.45) is 0 Å². The number of carbonyl (C=O) groups excluding carboxylic acids is 1. The Hall–Kier alpha value is -1.98. The number of carbonyl (C=O) groups is 1. The average molecular weight is 351 g/mol. The van der Waals surface area contributed by atoms with Gasteiger partial charge in [-0.2, -0.15) is 0 Å². The fourth-order valence-corrected chi connectivity index (χ4v) is 3.06. The number of piperazine rings is 1. The summed E-state index contributed by atoms with van der Waals surface area (Å²) in [7, 11) is 0. The van der Waals surface area contributed by atoms with E-state index < -0.39 is 11.9 Å². The van der Waals surface area contributed by atoms with Gasteiger partial charge in [0.15, 0.2) is 0 Å². The molecule has 0 N–H and O–H groups in total. The standard InChI is InChI=1S/C18H17ClF2N2O/c1-12-18(24)23(14-6-7-17(21)15(19)10-14)9-8-22(12)11-13-4-2-3-5-16(13)20/h2-7,10,12H,8-9,11H2,1H3. The molecule has 0 aromatic heterocycles. The minimum absolute atomic E-state index is 0.0123. The SMILES string of the molecule is CC1C(=O)N(c2ccc(F)c(Cl)c2)CCN1Cc1ccccc1F. The van der Waals surface area contributed by atoms with Gasteiger partial charge in [-0.15, -0.1) is 0 Å². The second-order valence-electron chi connectivity index (χ2n) is 5.83. The van der Waals surface area contributed by atoms with E-state index in [0.717, 1.165) is 0 Å². The molecule has 1 unspecified atom stereocenters. The molecule has 1 amide bonds. The normalized spacial score (nSPS) is 18.9. The highest BCUT2D eigenvalue weighted by atomic mass is 35.5. The molecule has 0 spiro atoms. The van der Waals surface area contributed by atoms with Crippen molar-refractivity contribution >= 4 is 23.2 Å². The maximum Gasteiger partial charge on any atom is 0.244 e. The van der Waals surface area contributed by atoms with Gasteiger partial charge in [0.05, 0.1) is 11.1 Å². The van der Waals surface area contributed by atoms with Crippen molar-refractivity contribution in [2.75, 3.05) is 18.0 Å². The van der Waals surface area contributed by atoms with Crippen molar-refractivity contribution in [3.05, 3.63) is 64.7 Å². The van der Waals surface area contributed by atoms with Gasteiger partial charge in [-0.3, -0.25) is 9.69 Å². The van der Waals surface area contributed by atoms with E-state index in [2.05, 4.69) is 0 Å². The molecule has 2 aromatic rings. The predicted molar refractivity (Wildman–Crippen MR) is 90.0 cm³/mol. The largest absolute Gasteiger partial charge is 0.310 e. The second-order valence-corrected chi connectivity index (χ2v) is 6.23. The predicted octanol–water partition coefficient (Wildman–Crippen LogP) is 3.86. The fourth-order valence-electron chi connectivity index (χ4n) is 2.88. The first-order chi connectivity index (χ1) is 11.5. The van der Waals surface area contributed by atoms with Crippen molar-refractivity contribution in [1.29, 1.82) is 0 Å². The van der Waals surface area contributed by atoms with Crippen LogP contribution in [0.1, 0.15) is 12.5 Å². The maximum absolute atomic E-state index is 13.8. The van der Waals surface area contributed by atoms with E-state index in [0.29, 0.717) is 30.9 Å². The first-order valence-electron chi connectivity index (χ1n) is 7.71. The van der Waals surface area contributed by atoms with Crippen LogP contribution in [0.5, 0.6) is 0 Å². The van der Waals surface area contributed by atoms with E-state index in [-0.39, 0.29) is 16.7 Å². The van der Waals surface area contributed by atoms with Crippen LogP contribution in [0.2, 0.25) is 5.02 Å². The highest BCUT2D eigenvalue weighted by Crippen LogP contribution is 2.26. The van der Waals surface area contributed by atoms with Gasteiger partial charge < -0.3 is 4.90 Å². The Kier molecular flexibility index (Phi) is 4.83. The van der Waals surface area contributed by atoms with E-state index >= 15 is 0 Å². The molecule has 1 saturated heterocycles. The molecule has 0 aliphatic carbocycles. The lowest BCUT2D eigenvalue weighted by molar-refractivity contribution is -0.125. The molecule has 126 valence electrons. The van der Waals surface area contributed by atoms with Gasteiger partial charge in [-0.25, -0.2) is 8.78 Å². The summed E-state index contributed by atoms with van der Waals surface area (Å²) in [6.07, 6.45) is 0. The molecule has 1 aliphatic rings. The van der Waals surface area contributed by atoms with Gasteiger partial charge in [0, 0.05) is 30.9 Å². The minimum Gasteiger partial charge on any atom is -0.310 e. The summed E-state index contributed by atoms with van der Waals surface area (Å²) in [6.45, 7) is 3.20. The number of hydrogen-bond donors (Lipinski definition) is 0.